The van der Waals surface area contributed by atoms with E-state index < -0.39 is 86.7 Å². The van der Waals surface area contributed by atoms with Crippen LogP contribution in [-0.2, 0) is 28.5 Å². The normalized spacial score (nSPS) is 38.8. The molecule has 0 aromatic rings. The van der Waals surface area contributed by atoms with Gasteiger partial charge in [0.25, 0.3) is 0 Å². The summed E-state index contributed by atoms with van der Waals surface area (Å²) >= 11 is 0. The molecule has 2 saturated heterocycles. The van der Waals surface area contributed by atoms with Crippen molar-refractivity contribution in [3.8, 4) is 0 Å². The van der Waals surface area contributed by atoms with Crippen LogP contribution in [0.5, 0.6) is 0 Å². The van der Waals surface area contributed by atoms with Crippen LogP contribution in [0.1, 0.15) is 46.0 Å². The maximum Gasteiger partial charge on any atom is 0.308 e. The Bertz CT molecular complexity index is 620. The number of esters is 1. The van der Waals surface area contributed by atoms with Gasteiger partial charge in [0.1, 0.15) is 48.8 Å². The van der Waals surface area contributed by atoms with Crippen LogP contribution in [0, 0.1) is 0 Å². The molecule has 11 atom stereocenters. The van der Waals surface area contributed by atoms with E-state index in [4.69, 9.17) is 23.7 Å². The fraction of sp³-hybridized carbons (Fsp3) is 0.955. The highest BCUT2D eigenvalue weighted by Crippen LogP contribution is 2.27. The quantitative estimate of drug-likeness (QED) is 0.101. The summed E-state index contributed by atoms with van der Waals surface area (Å²) in [5.74, 6) is -0.484. The molecule has 13 nitrogen and oxygen atoms in total. The van der Waals surface area contributed by atoms with Gasteiger partial charge in [-0.1, -0.05) is 26.2 Å². The van der Waals surface area contributed by atoms with Crippen molar-refractivity contribution in [1.29, 1.82) is 0 Å². The standard InChI is InChI=1S/C22H40O13/c1-3-5-6-7-11(8-14(24)31-4-2)33-22-20(30)18(28)16(26)13(35-22)10-32-21-19(29)17(27)15(25)12(9-23)34-21/h11-13,15-23,25-30H,3-10H2,1-2H3/t11-,12+,13+,15+,16+,17-,18-,19+,20+,21+,22+/m0/s1. The lowest BCUT2D eigenvalue weighted by atomic mass is 9.98. The Labute approximate surface area is 204 Å². The Morgan fingerprint density at radius 1 is 0.829 bits per heavy atom. The van der Waals surface area contributed by atoms with E-state index in [0.29, 0.717) is 6.42 Å². The van der Waals surface area contributed by atoms with E-state index in [1.54, 1.807) is 6.92 Å². The van der Waals surface area contributed by atoms with E-state index in [1.807, 2.05) is 6.92 Å². The van der Waals surface area contributed by atoms with Crippen LogP contribution in [0.15, 0.2) is 0 Å². The first kappa shape index (κ1) is 30.3. The molecule has 0 bridgehead atoms. The SMILES string of the molecule is CCCCC[C@@H](CC(=O)OCC)O[C@@H]1O[C@H](CO[C@@H]2O[C@H](CO)[C@@H](O)[C@H](O)[C@H]2O)[C@@H](O)[C@H](O)[C@H]1O. The zero-order chi connectivity index (χ0) is 26.1. The zero-order valence-corrected chi connectivity index (χ0v) is 20.1. The van der Waals surface area contributed by atoms with E-state index in [1.165, 1.54) is 0 Å². The summed E-state index contributed by atoms with van der Waals surface area (Å²) in [5.41, 5.74) is 0. The lowest BCUT2D eigenvalue weighted by Crippen LogP contribution is -2.62. The molecule has 13 heteroatoms. The molecule has 2 fully saturated rings. The molecule has 2 aliphatic rings. The minimum absolute atomic E-state index is 0.0885. The van der Waals surface area contributed by atoms with Crippen molar-refractivity contribution in [3.63, 3.8) is 0 Å². The summed E-state index contributed by atoms with van der Waals surface area (Å²) < 4.78 is 27.1. The second kappa shape index (κ2) is 14.7. The Morgan fingerprint density at radius 2 is 1.43 bits per heavy atom. The highest BCUT2D eigenvalue weighted by Gasteiger charge is 2.48. The summed E-state index contributed by atoms with van der Waals surface area (Å²) in [6.45, 7) is 2.79. The van der Waals surface area contributed by atoms with Crippen LogP contribution in [0.2, 0.25) is 0 Å². The molecular weight excluding hydrogens is 472 g/mol. The van der Waals surface area contributed by atoms with E-state index in [2.05, 4.69) is 0 Å². The molecule has 2 rings (SSSR count). The van der Waals surface area contributed by atoms with Crippen molar-refractivity contribution in [2.45, 2.75) is 113 Å². The van der Waals surface area contributed by atoms with E-state index in [-0.39, 0.29) is 13.0 Å². The number of rotatable bonds is 13. The molecule has 0 aliphatic carbocycles. The van der Waals surface area contributed by atoms with Crippen molar-refractivity contribution in [1.82, 2.24) is 0 Å². The third kappa shape index (κ3) is 8.27. The van der Waals surface area contributed by atoms with Crippen LogP contribution in [0.4, 0.5) is 0 Å². The molecule has 7 N–H and O–H groups in total. The van der Waals surface area contributed by atoms with Crippen LogP contribution >= 0.6 is 0 Å². The van der Waals surface area contributed by atoms with Gasteiger partial charge in [0, 0.05) is 0 Å². The lowest BCUT2D eigenvalue weighted by Gasteiger charge is -2.43. The van der Waals surface area contributed by atoms with Crippen molar-refractivity contribution < 1.29 is 64.2 Å². The molecule has 0 aromatic carbocycles. The molecule has 0 amide bonds. The summed E-state index contributed by atoms with van der Waals surface area (Å²) in [6.07, 6.45) is -12.8. The molecule has 35 heavy (non-hydrogen) atoms. The minimum Gasteiger partial charge on any atom is -0.466 e. The molecule has 0 unspecified atom stereocenters. The second-order valence-electron chi connectivity index (χ2n) is 8.81. The number of carbonyl (C=O) groups is 1. The van der Waals surface area contributed by atoms with Gasteiger partial charge in [0.05, 0.1) is 32.3 Å². The average molecular weight is 513 g/mol. The molecule has 0 spiro atoms. The molecule has 2 aliphatic heterocycles. The first-order valence-electron chi connectivity index (χ1n) is 12.1. The predicted molar refractivity (Wildman–Crippen MR) is 117 cm³/mol. The smallest absolute Gasteiger partial charge is 0.308 e. The van der Waals surface area contributed by atoms with Crippen LogP contribution in [0.3, 0.4) is 0 Å². The fourth-order valence-corrected chi connectivity index (χ4v) is 4.00. The molecule has 206 valence electrons. The first-order valence-corrected chi connectivity index (χ1v) is 12.1. The monoisotopic (exact) mass is 512 g/mol. The summed E-state index contributed by atoms with van der Waals surface area (Å²) in [6, 6.07) is 0. The third-order valence-electron chi connectivity index (χ3n) is 6.10. The molecular formula is C22H40O13. The third-order valence-corrected chi connectivity index (χ3v) is 6.10. The van der Waals surface area contributed by atoms with E-state index >= 15 is 0 Å². The number of carbonyl (C=O) groups excluding carboxylic acids is 1. The Balaban J connectivity index is 2.03. The van der Waals surface area contributed by atoms with Gasteiger partial charge < -0.3 is 59.4 Å². The van der Waals surface area contributed by atoms with Crippen LogP contribution in [-0.4, -0.2) is 129 Å². The van der Waals surface area contributed by atoms with Gasteiger partial charge >= 0.3 is 5.97 Å². The number of aliphatic hydroxyl groups excluding tert-OH is 7. The number of hydrogen-bond acceptors (Lipinski definition) is 13. The van der Waals surface area contributed by atoms with E-state index in [9.17, 15) is 40.5 Å². The summed E-state index contributed by atoms with van der Waals surface area (Å²) in [7, 11) is 0. The van der Waals surface area contributed by atoms with Gasteiger partial charge in [-0.2, -0.15) is 0 Å². The zero-order valence-electron chi connectivity index (χ0n) is 20.1. The number of hydrogen-bond donors (Lipinski definition) is 7. The van der Waals surface area contributed by atoms with Crippen LogP contribution < -0.4 is 0 Å². The van der Waals surface area contributed by atoms with Crippen molar-refractivity contribution in [2.75, 3.05) is 19.8 Å². The largest absolute Gasteiger partial charge is 0.466 e. The van der Waals surface area contributed by atoms with Gasteiger partial charge in [0.15, 0.2) is 12.6 Å². The Morgan fingerprint density at radius 3 is 2.03 bits per heavy atom. The van der Waals surface area contributed by atoms with Crippen molar-refractivity contribution in [3.05, 3.63) is 0 Å². The molecule has 0 radical (unpaired) electrons. The predicted octanol–water partition coefficient (Wildman–Crippen LogP) is -2.47. The Kier molecular flexibility index (Phi) is 12.7. The molecule has 2 heterocycles. The number of aliphatic hydroxyl groups is 7. The van der Waals surface area contributed by atoms with Crippen LogP contribution in [0.25, 0.3) is 0 Å². The van der Waals surface area contributed by atoms with Gasteiger partial charge in [-0.05, 0) is 13.3 Å². The van der Waals surface area contributed by atoms with E-state index in [0.717, 1.165) is 19.3 Å². The maximum absolute atomic E-state index is 12.0. The van der Waals surface area contributed by atoms with Gasteiger partial charge in [-0.3, -0.25) is 4.79 Å². The Hall–Kier alpha value is -0.970. The maximum atomic E-state index is 12.0. The van der Waals surface area contributed by atoms with Crippen molar-refractivity contribution >= 4 is 5.97 Å². The number of ether oxygens (including phenoxy) is 5. The van der Waals surface area contributed by atoms with Crippen molar-refractivity contribution in [2.24, 2.45) is 0 Å². The van der Waals surface area contributed by atoms with Gasteiger partial charge in [-0.15, -0.1) is 0 Å². The summed E-state index contributed by atoms with van der Waals surface area (Å²) in [5, 5.41) is 70.2. The lowest BCUT2D eigenvalue weighted by molar-refractivity contribution is -0.336. The molecule has 0 aromatic heterocycles. The first-order chi connectivity index (χ1) is 16.6. The second-order valence-corrected chi connectivity index (χ2v) is 8.81. The van der Waals surface area contributed by atoms with Gasteiger partial charge in [-0.25, -0.2) is 0 Å². The fourth-order valence-electron chi connectivity index (χ4n) is 4.00. The average Bonchev–Trinajstić information content (AvgIpc) is 2.83. The highest BCUT2D eigenvalue weighted by molar-refractivity contribution is 5.69. The molecule has 0 saturated carbocycles. The topological polar surface area (TPSA) is 205 Å². The summed E-state index contributed by atoms with van der Waals surface area (Å²) in [4.78, 5) is 12.0. The minimum atomic E-state index is -1.67. The number of unbranched alkanes of at least 4 members (excludes halogenated alkanes) is 2. The van der Waals surface area contributed by atoms with Gasteiger partial charge in [0.2, 0.25) is 0 Å². The highest BCUT2D eigenvalue weighted by atomic mass is 16.7.